The average Bonchev–Trinajstić information content (AvgIpc) is 2.17. The predicted molar refractivity (Wildman–Crippen MR) is 55.7 cm³/mol. The van der Waals surface area contributed by atoms with E-state index in [0.29, 0.717) is 18.5 Å². The molecule has 0 bridgehead atoms. The third-order valence-corrected chi connectivity index (χ3v) is 2.62. The van der Waals surface area contributed by atoms with E-state index in [0.717, 1.165) is 5.56 Å². The van der Waals surface area contributed by atoms with Gasteiger partial charge in [-0.15, -0.1) is 0 Å². The van der Waals surface area contributed by atoms with Gasteiger partial charge in [-0.25, -0.2) is 4.39 Å². The van der Waals surface area contributed by atoms with Gasteiger partial charge in [0.1, 0.15) is 5.82 Å². The van der Waals surface area contributed by atoms with E-state index in [9.17, 15) is 9.18 Å². The summed E-state index contributed by atoms with van der Waals surface area (Å²) < 4.78 is 12.7. The van der Waals surface area contributed by atoms with Crippen molar-refractivity contribution in [3.05, 3.63) is 47.4 Å². The number of hydrogen-bond acceptors (Lipinski definition) is 2. The van der Waals surface area contributed by atoms with Crippen molar-refractivity contribution in [1.82, 2.24) is 0 Å². The molecule has 1 atom stereocenters. The summed E-state index contributed by atoms with van der Waals surface area (Å²) in [5, 5.41) is 0. The minimum absolute atomic E-state index is 0.0491. The molecule has 1 aliphatic rings. The third kappa shape index (κ3) is 2.24. The Bertz CT molecular complexity index is 408. The van der Waals surface area contributed by atoms with Crippen LogP contribution in [0.4, 0.5) is 4.39 Å². The number of rotatable bonds is 1. The van der Waals surface area contributed by atoms with Crippen LogP contribution in [-0.4, -0.2) is 5.78 Å². The number of nitrogens with two attached hydrogens (primary N) is 1. The van der Waals surface area contributed by atoms with Crippen molar-refractivity contribution >= 4 is 5.78 Å². The van der Waals surface area contributed by atoms with Gasteiger partial charge in [-0.2, -0.15) is 0 Å². The lowest BCUT2D eigenvalue weighted by molar-refractivity contribution is -0.115. The summed E-state index contributed by atoms with van der Waals surface area (Å²) in [5.74, 6) is -0.111. The Balaban J connectivity index is 2.22. The first kappa shape index (κ1) is 9.90. The average molecular weight is 205 g/mol. The molecular weight excluding hydrogens is 193 g/mol. The Morgan fingerprint density at radius 1 is 1.20 bits per heavy atom. The summed E-state index contributed by atoms with van der Waals surface area (Å²) in [6.07, 6.45) is 2.63. The highest BCUT2D eigenvalue weighted by atomic mass is 19.1. The van der Waals surface area contributed by atoms with Crippen LogP contribution in [0.25, 0.3) is 0 Å². The highest BCUT2D eigenvalue weighted by Crippen LogP contribution is 2.29. The Labute approximate surface area is 87.6 Å². The second-order valence-corrected chi connectivity index (χ2v) is 3.84. The van der Waals surface area contributed by atoms with Crippen molar-refractivity contribution in [2.24, 2.45) is 5.73 Å². The van der Waals surface area contributed by atoms with Crippen LogP contribution < -0.4 is 5.73 Å². The molecule has 78 valence electrons. The molecule has 1 aromatic carbocycles. The standard InChI is InChI=1S/C12H12FNO/c13-10-3-1-8(2-4-10)9-5-11(14)7-12(15)6-9/h1-4,7,9H,5-6,14H2. The van der Waals surface area contributed by atoms with E-state index in [1.54, 1.807) is 12.1 Å². The zero-order valence-corrected chi connectivity index (χ0v) is 8.24. The van der Waals surface area contributed by atoms with Gasteiger partial charge in [0.05, 0.1) is 0 Å². The Morgan fingerprint density at radius 3 is 2.47 bits per heavy atom. The summed E-state index contributed by atoms with van der Waals surface area (Å²) in [6, 6.07) is 6.25. The minimum Gasteiger partial charge on any atom is -0.402 e. The Hall–Kier alpha value is -1.64. The molecule has 2 N–H and O–H groups in total. The largest absolute Gasteiger partial charge is 0.402 e. The van der Waals surface area contributed by atoms with Crippen LogP contribution in [0.3, 0.4) is 0 Å². The number of ketones is 1. The molecule has 0 saturated heterocycles. The maximum Gasteiger partial charge on any atom is 0.158 e. The van der Waals surface area contributed by atoms with E-state index in [4.69, 9.17) is 5.73 Å². The van der Waals surface area contributed by atoms with Crippen LogP contribution in [0.1, 0.15) is 24.3 Å². The molecule has 0 heterocycles. The molecule has 2 rings (SSSR count). The number of hydrogen-bond donors (Lipinski definition) is 1. The van der Waals surface area contributed by atoms with Crippen molar-refractivity contribution in [3.8, 4) is 0 Å². The van der Waals surface area contributed by atoms with Gasteiger partial charge in [0, 0.05) is 12.1 Å². The third-order valence-electron chi connectivity index (χ3n) is 2.62. The maximum atomic E-state index is 12.7. The summed E-state index contributed by atoms with van der Waals surface area (Å²) in [6.45, 7) is 0. The zero-order valence-electron chi connectivity index (χ0n) is 8.24. The molecule has 3 heteroatoms. The molecule has 2 nitrogen and oxygen atoms in total. The molecule has 0 aromatic heterocycles. The van der Waals surface area contributed by atoms with Crippen LogP contribution in [-0.2, 0) is 4.79 Å². The van der Waals surface area contributed by atoms with Crippen LogP contribution in [0.5, 0.6) is 0 Å². The molecule has 0 saturated carbocycles. The molecule has 1 aromatic rings. The maximum absolute atomic E-state index is 12.7. The quantitative estimate of drug-likeness (QED) is 0.763. The number of halogens is 1. The second kappa shape index (κ2) is 3.85. The molecule has 0 fully saturated rings. The molecule has 15 heavy (non-hydrogen) atoms. The Kier molecular flexibility index (Phi) is 2.54. The molecule has 0 amide bonds. The molecule has 1 aliphatic carbocycles. The fraction of sp³-hybridized carbons (Fsp3) is 0.250. The van der Waals surface area contributed by atoms with E-state index < -0.39 is 0 Å². The summed E-state index contributed by atoms with van der Waals surface area (Å²) in [7, 11) is 0. The van der Waals surface area contributed by atoms with E-state index >= 15 is 0 Å². The number of carbonyl (C=O) groups is 1. The van der Waals surface area contributed by atoms with Gasteiger partial charge < -0.3 is 5.73 Å². The molecule has 0 aliphatic heterocycles. The summed E-state index contributed by atoms with van der Waals surface area (Å²) in [4.78, 5) is 11.3. The van der Waals surface area contributed by atoms with Gasteiger partial charge in [-0.3, -0.25) is 4.79 Å². The van der Waals surface area contributed by atoms with Gasteiger partial charge in [0.25, 0.3) is 0 Å². The van der Waals surface area contributed by atoms with E-state index in [1.807, 2.05) is 0 Å². The zero-order chi connectivity index (χ0) is 10.8. The lowest BCUT2D eigenvalue weighted by atomic mass is 9.86. The predicted octanol–water partition coefficient (Wildman–Crippen LogP) is 2.11. The van der Waals surface area contributed by atoms with Crippen molar-refractivity contribution in [2.45, 2.75) is 18.8 Å². The summed E-state index contributed by atoms with van der Waals surface area (Å²) >= 11 is 0. The molecular formula is C12H12FNO. The monoisotopic (exact) mass is 205 g/mol. The molecule has 0 radical (unpaired) electrons. The lowest BCUT2D eigenvalue weighted by Gasteiger charge is -2.20. The van der Waals surface area contributed by atoms with Gasteiger partial charge in [0.15, 0.2) is 5.78 Å². The SMILES string of the molecule is NC1=CC(=O)CC(c2ccc(F)cc2)C1. The lowest BCUT2D eigenvalue weighted by Crippen LogP contribution is -2.16. The van der Waals surface area contributed by atoms with Crippen LogP contribution in [0.2, 0.25) is 0 Å². The van der Waals surface area contributed by atoms with E-state index in [1.165, 1.54) is 18.2 Å². The van der Waals surface area contributed by atoms with Crippen molar-refractivity contribution in [2.75, 3.05) is 0 Å². The van der Waals surface area contributed by atoms with Crippen molar-refractivity contribution < 1.29 is 9.18 Å². The fourth-order valence-electron chi connectivity index (χ4n) is 1.89. The first-order valence-corrected chi connectivity index (χ1v) is 4.89. The van der Waals surface area contributed by atoms with E-state index in [2.05, 4.69) is 0 Å². The normalized spacial score (nSPS) is 21.3. The van der Waals surface area contributed by atoms with Crippen LogP contribution >= 0.6 is 0 Å². The first-order chi connectivity index (χ1) is 7.15. The van der Waals surface area contributed by atoms with Gasteiger partial charge in [-0.05, 0) is 36.1 Å². The first-order valence-electron chi connectivity index (χ1n) is 4.89. The number of allylic oxidation sites excluding steroid dienone is 2. The molecule has 0 spiro atoms. The Morgan fingerprint density at radius 2 is 1.87 bits per heavy atom. The summed E-state index contributed by atoms with van der Waals surface area (Å²) in [5.41, 5.74) is 7.23. The van der Waals surface area contributed by atoms with Gasteiger partial charge in [-0.1, -0.05) is 12.1 Å². The van der Waals surface area contributed by atoms with Crippen LogP contribution in [0, 0.1) is 5.82 Å². The fourth-order valence-corrected chi connectivity index (χ4v) is 1.89. The highest BCUT2D eigenvalue weighted by molar-refractivity contribution is 5.91. The van der Waals surface area contributed by atoms with Gasteiger partial charge in [0.2, 0.25) is 0 Å². The van der Waals surface area contributed by atoms with Gasteiger partial charge >= 0.3 is 0 Å². The van der Waals surface area contributed by atoms with Crippen molar-refractivity contribution in [1.29, 1.82) is 0 Å². The van der Waals surface area contributed by atoms with Crippen molar-refractivity contribution in [3.63, 3.8) is 0 Å². The highest BCUT2D eigenvalue weighted by Gasteiger charge is 2.20. The molecule has 1 unspecified atom stereocenters. The van der Waals surface area contributed by atoms with E-state index in [-0.39, 0.29) is 17.5 Å². The minimum atomic E-state index is -0.260. The van der Waals surface area contributed by atoms with Crippen LogP contribution in [0.15, 0.2) is 36.0 Å². The smallest absolute Gasteiger partial charge is 0.158 e. The second-order valence-electron chi connectivity index (χ2n) is 3.84. The number of benzene rings is 1. The topological polar surface area (TPSA) is 43.1 Å². The number of carbonyl (C=O) groups excluding carboxylic acids is 1.